The monoisotopic (exact) mass is 379 g/mol. The number of carbonyl (C=O) groups is 2. The minimum atomic E-state index is -0.269. The molecule has 2 aromatic heterocycles. The summed E-state index contributed by atoms with van der Waals surface area (Å²) in [4.78, 5) is 25.4. The Hall–Kier alpha value is -1.53. The summed E-state index contributed by atoms with van der Waals surface area (Å²) >= 11 is 3.07. The number of rotatable bonds is 9. The van der Waals surface area contributed by atoms with Gasteiger partial charge in [-0.1, -0.05) is 6.07 Å². The molecular weight excluding hydrogens is 354 g/mol. The number of aromatic nitrogens is 1. The van der Waals surface area contributed by atoms with Gasteiger partial charge in [0, 0.05) is 28.4 Å². The number of esters is 1. The molecule has 25 heavy (non-hydrogen) atoms. The van der Waals surface area contributed by atoms with Crippen molar-refractivity contribution < 1.29 is 14.3 Å². The summed E-state index contributed by atoms with van der Waals surface area (Å²) in [6.45, 7) is 8.54. The lowest BCUT2D eigenvalue weighted by Gasteiger charge is -2.09. The minimum absolute atomic E-state index is 0.0674. The molecule has 136 valence electrons. The summed E-state index contributed by atoms with van der Waals surface area (Å²) in [7, 11) is 0. The van der Waals surface area contributed by atoms with E-state index in [1.165, 1.54) is 16.6 Å². The van der Waals surface area contributed by atoms with Gasteiger partial charge in [0.15, 0.2) is 5.78 Å². The van der Waals surface area contributed by atoms with Gasteiger partial charge in [0.2, 0.25) is 0 Å². The van der Waals surface area contributed by atoms with E-state index in [-0.39, 0.29) is 23.6 Å². The van der Waals surface area contributed by atoms with E-state index in [0.717, 1.165) is 29.9 Å². The summed E-state index contributed by atoms with van der Waals surface area (Å²) in [6, 6.07) is 6.16. The molecule has 0 N–H and O–H groups in total. The quantitative estimate of drug-likeness (QED) is 0.482. The molecule has 0 aliphatic heterocycles. The number of hydrogen-bond acceptors (Lipinski definition) is 5. The average Bonchev–Trinajstić information content (AvgIpc) is 3.13. The highest BCUT2D eigenvalue weighted by atomic mass is 32.2. The lowest BCUT2D eigenvalue weighted by Crippen LogP contribution is -2.15. The maximum absolute atomic E-state index is 12.5. The molecule has 0 aliphatic rings. The van der Waals surface area contributed by atoms with Gasteiger partial charge in [0.05, 0.1) is 17.6 Å². The molecule has 0 aromatic carbocycles. The second-order valence-electron chi connectivity index (χ2n) is 6.22. The Bertz CT molecular complexity index is 717. The fraction of sp³-hybridized carbons (Fsp3) is 0.474. The topological polar surface area (TPSA) is 48.3 Å². The fourth-order valence-electron chi connectivity index (χ4n) is 2.71. The van der Waals surface area contributed by atoms with Crippen molar-refractivity contribution in [1.82, 2.24) is 4.57 Å². The van der Waals surface area contributed by atoms with E-state index in [0.29, 0.717) is 5.75 Å². The van der Waals surface area contributed by atoms with Gasteiger partial charge >= 0.3 is 5.97 Å². The van der Waals surface area contributed by atoms with Crippen LogP contribution in [0.15, 0.2) is 23.6 Å². The van der Waals surface area contributed by atoms with Crippen LogP contribution in [0.3, 0.4) is 0 Å². The van der Waals surface area contributed by atoms with E-state index in [1.54, 1.807) is 11.3 Å². The van der Waals surface area contributed by atoms with Crippen LogP contribution in [0.4, 0.5) is 0 Å². The molecule has 4 nitrogen and oxygen atoms in total. The molecule has 0 aliphatic carbocycles. The Morgan fingerprint density at radius 3 is 2.68 bits per heavy atom. The summed E-state index contributed by atoms with van der Waals surface area (Å²) < 4.78 is 7.28. The third kappa shape index (κ3) is 5.75. The van der Waals surface area contributed by atoms with Crippen LogP contribution < -0.4 is 0 Å². The summed E-state index contributed by atoms with van der Waals surface area (Å²) in [6.07, 6.45) is 0.850. The van der Waals surface area contributed by atoms with Gasteiger partial charge in [-0.2, -0.15) is 0 Å². The van der Waals surface area contributed by atoms with E-state index in [4.69, 9.17) is 4.74 Å². The number of thiophene rings is 1. The summed E-state index contributed by atoms with van der Waals surface area (Å²) in [5.74, 6) is 0.302. The zero-order valence-corrected chi connectivity index (χ0v) is 16.8. The van der Waals surface area contributed by atoms with Gasteiger partial charge < -0.3 is 9.30 Å². The fourth-order valence-corrected chi connectivity index (χ4v) is 4.08. The van der Waals surface area contributed by atoms with Crippen LogP contribution in [0.2, 0.25) is 0 Å². The van der Waals surface area contributed by atoms with Crippen LogP contribution in [-0.4, -0.2) is 33.9 Å². The maximum Gasteiger partial charge on any atom is 0.316 e. The first-order chi connectivity index (χ1) is 11.9. The third-order valence-corrected chi connectivity index (χ3v) is 5.70. The van der Waals surface area contributed by atoms with Crippen molar-refractivity contribution in [2.45, 2.75) is 46.8 Å². The summed E-state index contributed by atoms with van der Waals surface area (Å²) in [5.41, 5.74) is 2.86. The lowest BCUT2D eigenvalue weighted by molar-refractivity contribution is -0.144. The number of hydrogen-bond donors (Lipinski definition) is 0. The molecule has 0 amide bonds. The smallest absolute Gasteiger partial charge is 0.316 e. The Balaban J connectivity index is 1.91. The molecule has 6 heteroatoms. The first-order valence-corrected chi connectivity index (χ1v) is 10.4. The standard InChI is InChI=1S/C19H25NO3S2/c1-13(2)23-19(22)12-24-11-18(21)17-10-14(3)20(15(17)4)8-7-16-6-5-9-25-16/h5-6,9-10,13H,7-8,11-12H2,1-4H3. The Kier molecular flexibility index (Phi) is 7.32. The molecule has 0 fully saturated rings. The van der Waals surface area contributed by atoms with Gasteiger partial charge in [-0.15, -0.1) is 23.1 Å². The van der Waals surface area contributed by atoms with Crippen molar-refractivity contribution in [3.8, 4) is 0 Å². The van der Waals surface area contributed by atoms with Crippen LogP contribution in [0.1, 0.15) is 40.5 Å². The minimum Gasteiger partial charge on any atom is -0.462 e. The second-order valence-corrected chi connectivity index (χ2v) is 8.24. The van der Waals surface area contributed by atoms with E-state index in [9.17, 15) is 9.59 Å². The Morgan fingerprint density at radius 2 is 2.04 bits per heavy atom. The zero-order chi connectivity index (χ0) is 18.4. The van der Waals surface area contributed by atoms with Crippen LogP contribution in [0, 0.1) is 13.8 Å². The number of aryl methyl sites for hydroxylation is 2. The second kappa shape index (κ2) is 9.25. The Morgan fingerprint density at radius 1 is 1.28 bits per heavy atom. The molecule has 0 atom stereocenters. The highest BCUT2D eigenvalue weighted by Gasteiger charge is 2.16. The van der Waals surface area contributed by atoms with Crippen molar-refractivity contribution in [1.29, 1.82) is 0 Å². The molecule has 0 spiro atoms. The van der Waals surface area contributed by atoms with Gasteiger partial charge in [-0.25, -0.2) is 0 Å². The highest BCUT2D eigenvalue weighted by molar-refractivity contribution is 8.00. The normalized spacial score (nSPS) is 11.1. The lowest BCUT2D eigenvalue weighted by atomic mass is 10.2. The number of Topliss-reactive ketones (excluding diaryl/α,β-unsaturated/α-hetero) is 1. The number of nitrogens with zero attached hydrogens (tertiary/aromatic N) is 1. The van der Waals surface area contributed by atoms with E-state index in [1.807, 2.05) is 33.8 Å². The van der Waals surface area contributed by atoms with Gasteiger partial charge in [-0.3, -0.25) is 9.59 Å². The molecule has 2 aromatic rings. The SMILES string of the molecule is Cc1cc(C(=O)CSCC(=O)OC(C)C)c(C)n1CCc1cccs1. The van der Waals surface area contributed by atoms with Crippen LogP contribution >= 0.6 is 23.1 Å². The average molecular weight is 380 g/mol. The van der Waals surface area contributed by atoms with Gasteiger partial charge in [0.25, 0.3) is 0 Å². The van der Waals surface area contributed by atoms with Gasteiger partial charge in [0.1, 0.15) is 0 Å². The van der Waals surface area contributed by atoms with E-state index in [2.05, 4.69) is 22.1 Å². The molecule has 0 unspecified atom stereocenters. The first-order valence-electron chi connectivity index (χ1n) is 8.38. The largest absolute Gasteiger partial charge is 0.462 e. The Labute approximate surface area is 157 Å². The number of ether oxygens (including phenoxy) is 1. The summed E-state index contributed by atoms with van der Waals surface area (Å²) in [5, 5.41) is 2.08. The van der Waals surface area contributed by atoms with E-state index >= 15 is 0 Å². The number of thioether (sulfide) groups is 1. The predicted octanol–water partition coefficient (Wildman–Crippen LogP) is 4.28. The third-order valence-electron chi connectivity index (χ3n) is 3.86. The first kappa shape index (κ1) is 19.8. The van der Waals surface area contributed by atoms with Gasteiger partial charge in [-0.05, 0) is 51.6 Å². The van der Waals surface area contributed by atoms with Crippen molar-refractivity contribution in [3.63, 3.8) is 0 Å². The molecule has 0 saturated heterocycles. The van der Waals surface area contributed by atoms with Crippen LogP contribution in [0.5, 0.6) is 0 Å². The van der Waals surface area contributed by atoms with Crippen molar-refractivity contribution in [3.05, 3.63) is 45.4 Å². The van der Waals surface area contributed by atoms with Crippen molar-refractivity contribution >= 4 is 34.9 Å². The zero-order valence-electron chi connectivity index (χ0n) is 15.2. The number of carbonyl (C=O) groups excluding carboxylic acids is 2. The molecule has 0 bridgehead atoms. The van der Waals surface area contributed by atoms with Crippen LogP contribution in [0.25, 0.3) is 0 Å². The van der Waals surface area contributed by atoms with Crippen molar-refractivity contribution in [2.75, 3.05) is 11.5 Å². The molecule has 0 saturated carbocycles. The number of ketones is 1. The van der Waals surface area contributed by atoms with Crippen molar-refractivity contribution in [2.24, 2.45) is 0 Å². The maximum atomic E-state index is 12.5. The van der Waals surface area contributed by atoms with Crippen LogP contribution in [-0.2, 0) is 22.5 Å². The van der Waals surface area contributed by atoms with E-state index < -0.39 is 0 Å². The molecular formula is C19H25NO3S2. The predicted molar refractivity (Wildman–Crippen MR) is 105 cm³/mol. The molecule has 0 radical (unpaired) electrons. The molecule has 2 rings (SSSR count). The highest BCUT2D eigenvalue weighted by Crippen LogP contribution is 2.19. The molecule has 2 heterocycles.